The van der Waals surface area contributed by atoms with E-state index in [-0.39, 0.29) is 6.42 Å². The van der Waals surface area contributed by atoms with Crippen LogP contribution in [0.2, 0.25) is 5.31 Å². The highest BCUT2D eigenvalue weighted by Crippen LogP contribution is 2.53. The molecule has 6 nitrogen and oxygen atoms in total. The van der Waals surface area contributed by atoms with Crippen molar-refractivity contribution in [2.75, 3.05) is 14.2 Å². The number of esters is 2. The van der Waals surface area contributed by atoms with Gasteiger partial charge in [-0.2, -0.15) is 0 Å². The summed E-state index contributed by atoms with van der Waals surface area (Å²) in [6, 6.07) is 0. The molecular formula is C20H31BO6. The van der Waals surface area contributed by atoms with Crippen molar-refractivity contribution in [2.24, 2.45) is 5.41 Å². The fourth-order valence-electron chi connectivity index (χ4n) is 3.58. The molecule has 0 aromatic rings. The van der Waals surface area contributed by atoms with E-state index >= 15 is 0 Å². The molecule has 0 amide bonds. The van der Waals surface area contributed by atoms with Gasteiger partial charge < -0.3 is 18.8 Å². The van der Waals surface area contributed by atoms with Crippen LogP contribution in [0.25, 0.3) is 0 Å². The minimum atomic E-state index is -1.49. The first-order chi connectivity index (χ1) is 12.2. The summed E-state index contributed by atoms with van der Waals surface area (Å²) in [5, 5.41) is -0.643. The summed E-state index contributed by atoms with van der Waals surface area (Å²) in [6.45, 7) is 16.0. The Hall–Kier alpha value is -1.60. The summed E-state index contributed by atoms with van der Waals surface area (Å²) in [5.74, 6) is -1.27. The van der Waals surface area contributed by atoms with E-state index in [1.807, 2.05) is 41.5 Å². The number of carbonyl (C=O) groups is 2. The molecule has 0 aromatic heterocycles. The first-order valence-electron chi connectivity index (χ1n) is 9.19. The second-order valence-corrected chi connectivity index (χ2v) is 8.93. The Labute approximate surface area is 162 Å². The molecule has 0 aromatic carbocycles. The Kier molecular flexibility index (Phi) is 5.45. The lowest BCUT2D eigenvalue weighted by molar-refractivity contribution is -0.165. The van der Waals surface area contributed by atoms with Gasteiger partial charge >= 0.3 is 19.1 Å². The molecule has 27 heavy (non-hydrogen) atoms. The predicted molar refractivity (Wildman–Crippen MR) is 103 cm³/mol. The predicted octanol–water partition coefficient (Wildman–Crippen LogP) is 3.47. The SMILES string of the molecule is C=C1CCC(C(=O)OC)(C(=O)OC)C=C1C(C)(C)B1OC(C)(C)C(C)(C)O1. The van der Waals surface area contributed by atoms with Crippen LogP contribution in [0.1, 0.15) is 54.4 Å². The normalized spacial score (nSPS) is 23.6. The minimum absolute atomic E-state index is 0.258. The third kappa shape index (κ3) is 3.36. The Balaban J connectivity index is 2.53. The van der Waals surface area contributed by atoms with Gasteiger partial charge in [-0.25, -0.2) is 0 Å². The van der Waals surface area contributed by atoms with Gasteiger partial charge in [-0.05, 0) is 46.1 Å². The van der Waals surface area contributed by atoms with Gasteiger partial charge in [0.1, 0.15) is 0 Å². The van der Waals surface area contributed by atoms with Gasteiger partial charge in [0.2, 0.25) is 0 Å². The topological polar surface area (TPSA) is 71.1 Å². The van der Waals surface area contributed by atoms with Crippen LogP contribution in [0, 0.1) is 5.41 Å². The maximum atomic E-state index is 12.5. The van der Waals surface area contributed by atoms with E-state index in [0.29, 0.717) is 6.42 Å². The molecule has 1 aliphatic heterocycles. The average molecular weight is 378 g/mol. The molecule has 2 aliphatic rings. The van der Waals surface area contributed by atoms with Crippen molar-refractivity contribution in [3.63, 3.8) is 0 Å². The lowest BCUT2D eigenvalue weighted by Gasteiger charge is -2.38. The summed E-state index contributed by atoms with van der Waals surface area (Å²) in [5.41, 5.74) is -0.872. The number of methoxy groups -OCH3 is 2. The highest BCUT2D eigenvalue weighted by molar-refractivity contribution is 6.50. The molecule has 0 bridgehead atoms. The van der Waals surface area contributed by atoms with Gasteiger partial charge in [0.25, 0.3) is 0 Å². The second kappa shape index (κ2) is 6.78. The largest absolute Gasteiger partial charge is 0.468 e. The van der Waals surface area contributed by atoms with Crippen LogP contribution in [0.4, 0.5) is 0 Å². The highest BCUT2D eigenvalue weighted by atomic mass is 16.7. The number of rotatable bonds is 4. The Morgan fingerprint density at radius 3 is 1.93 bits per heavy atom. The molecule has 1 heterocycles. The fraction of sp³-hybridized carbons (Fsp3) is 0.700. The van der Waals surface area contributed by atoms with E-state index < -0.39 is 41.0 Å². The molecule has 1 aliphatic carbocycles. The smallest absolute Gasteiger partial charge is 0.468 e. The quantitative estimate of drug-likeness (QED) is 0.424. The second-order valence-electron chi connectivity index (χ2n) is 8.93. The minimum Gasteiger partial charge on any atom is -0.468 e. The number of hydrogen-bond donors (Lipinski definition) is 0. The third-order valence-electron chi connectivity index (χ3n) is 6.23. The van der Waals surface area contributed by atoms with Crippen LogP contribution in [-0.2, 0) is 28.4 Å². The van der Waals surface area contributed by atoms with E-state index in [9.17, 15) is 9.59 Å². The lowest BCUT2D eigenvalue weighted by Crippen LogP contribution is -2.43. The van der Waals surface area contributed by atoms with E-state index in [0.717, 1.165) is 11.1 Å². The molecule has 0 radical (unpaired) electrons. The standard InChI is InChI=1S/C20H31BO6/c1-13-10-11-20(15(22)24-8,16(23)25-9)12-14(13)17(2,3)21-26-18(4,5)19(6,7)27-21/h12H,1,10-11H2,2-9H3. The molecule has 7 heteroatoms. The molecule has 1 saturated heterocycles. The van der Waals surface area contributed by atoms with Gasteiger partial charge in [-0.3, -0.25) is 9.59 Å². The third-order valence-corrected chi connectivity index (χ3v) is 6.23. The molecule has 0 saturated carbocycles. The molecular weight excluding hydrogens is 347 g/mol. The van der Waals surface area contributed by atoms with Crippen molar-refractivity contribution in [1.29, 1.82) is 0 Å². The molecule has 0 spiro atoms. The number of ether oxygens (including phenoxy) is 2. The van der Waals surface area contributed by atoms with Crippen molar-refractivity contribution >= 4 is 19.1 Å². The highest BCUT2D eigenvalue weighted by Gasteiger charge is 2.59. The first-order valence-corrected chi connectivity index (χ1v) is 9.19. The first kappa shape index (κ1) is 21.7. The molecule has 0 N–H and O–H groups in total. The van der Waals surface area contributed by atoms with Crippen molar-refractivity contribution in [1.82, 2.24) is 0 Å². The average Bonchev–Trinajstić information content (AvgIpc) is 2.82. The number of allylic oxidation sites excluding steroid dienone is 2. The van der Waals surface area contributed by atoms with Gasteiger partial charge in [0.15, 0.2) is 5.41 Å². The number of carbonyl (C=O) groups excluding carboxylic acids is 2. The summed E-state index contributed by atoms with van der Waals surface area (Å²) in [7, 11) is 1.98. The van der Waals surface area contributed by atoms with Crippen LogP contribution in [-0.4, -0.2) is 44.5 Å². The zero-order valence-electron chi connectivity index (χ0n) is 17.7. The Morgan fingerprint density at radius 2 is 1.52 bits per heavy atom. The van der Waals surface area contributed by atoms with Gasteiger partial charge in [0.05, 0.1) is 25.4 Å². The van der Waals surface area contributed by atoms with Crippen LogP contribution in [0.3, 0.4) is 0 Å². The molecule has 1 fully saturated rings. The van der Waals surface area contributed by atoms with Crippen LogP contribution in [0.5, 0.6) is 0 Å². The molecule has 0 unspecified atom stereocenters. The molecule has 150 valence electrons. The zero-order valence-corrected chi connectivity index (χ0v) is 17.7. The van der Waals surface area contributed by atoms with Gasteiger partial charge in [-0.15, -0.1) is 0 Å². The maximum absolute atomic E-state index is 12.5. The van der Waals surface area contributed by atoms with Crippen molar-refractivity contribution < 1.29 is 28.4 Å². The van der Waals surface area contributed by atoms with E-state index in [1.54, 1.807) is 6.08 Å². The maximum Gasteiger partial charge on any atom is 0.468 e. The monoisotopic (exact) mass is 378 g/mol. The van der Waals surface area contributed by atoms with Gasteiger partial charge in [0, 0.05) is 5.31 Å². The molecule has 0 atom stereocenters. The lowest BCUT2D eigenvalue weighted by atomic mass is 9.52. The fourth-order valence-corrected chi connectivity index (χ4v) is 3.58. The molecule has 2 rings (SSSR count). The van der Waals surface area contributed by atoms with Crippen LogP contribution >= 0.6 is 0 Å². The Morgan fingerprint density at radius 1 is 1.07 bits per heavy atom. The van der Waals surface area contributed by atoms with Crippen molar-refractivity contribution in [3.8, 4) is 0 Å². The Bertz CT molecular complexity index is 657. The summed E-state index contributed by atoms with van der Waals surface area (Å²) in [6.07, 6.45) is 2.37. The van der Waals surface area contributed by atoms with E-state index in [2.05, 4.69) is 6.58 Å². The van der Waals surface area contributed by atoms with E-state index in [4.69, 9.17) is 18.8 Å². The van der Waals surface area contributed by atoms with Crippen LogP contribution < -0.4 is 0 Å². The number of hydrogen-bond acceptors (Lipinski definition) is 6. The van der Waals surface area contributed by atoms with E-state index in [1.165, 1.54) is 14.2 Å². The van der Waals surface area contributed by atoms with Crippen LogP contribution in [0.15, 0.2) is 23.8 Å². The summed E-state index contributed by atoms with van der Waals surface area (Å²) >= 11 is 0. The summed E-state index contributed by atoms with van der Waals surface area (Å²) < 4.78 is 22.3. The van der Waals surface area contributed by atoms with Gasteiger partial charge in [-0.1, -0.05) is 32.1 Å². The zero-order chi connectivity index (χ0) is 20.8. The van der Waals surface area contributed by atoms with Crippen molar-refractivity contribution in [2.45, 2.75) is 70.9 Å². The summed E-state index contributed by atoms with van der Waals surface area (Å²) in [4.78, 5) is 25.1. The van der Waals surface area contributed by atoms with Crippen molar-refractivity contribution in [3.05, 3.63) is 23.8 Å².